The fraction of sp³-hybridized carbons (Fsp3) is 0.643. The van der Waals surface area contributed by atoms with Gasteiger partial charge in [0, 0.05) is 5.56 Å². The van der Waals surface area contributed by atoms with Crippen LogP contribution in [0.1, 0.15) is 84.3 Å². The Kier molecular flexibility index (Phi) is 9.59. The summed E-state index contributed by atoms with van der Waals surface area (Å²) in [4.78, 5) is 0. The number of methoxy groups -OCH3 is 1. The Morgan fingerprint density at radius 2 is 1.91 bits per heavy atom. The quantitative estimate of drug-likeness (QED) is 0.365. The maximum atomic E-state index is 10.7. The van der Waals surface area contributed by atoms with E-state index in [1.54, 1.807) is 33.1 Å². The molecule has 0 saturated carbocycles. The molecule has 186 valence electrons. The largest absolute Gasteiger partial charge is 0.508 e. The minimum Gasteiger partial charge on any atom is -0.508 e. The SMILES string of the molecule is COc1c(C)cc(O)cc1CC=C(C)CCC=C(C)CC[C@@H](O)[C@]1(C)CC[C@H](C(C)(C)O)O1. The van der Waals surface area contributed by atoms with Gasteiger partial charge in [-0.05, 0) is 104 Å². The number of benzene rings is 1. The normalized spacial score (nSPS) is 23.1. The molecule has 1 aliphatic heterocycles. The summed E-state index contributed by atoms with van der Waals surface area (Å²) in [6.45, 7) is 11.7. The fourth-order valence-electron chi connectivity index (χ4n) is 4.58. The van der Waals surface area contributed by atoms with Crippen molar-refractivity contribution in [2.24, 2.45) is 0 Å². The zero-order valence-electron chi connectivity index (χ0n) is 21.6. The lowest BCUT2D eigenvalue weighted by atomic mass is 9.90. The molecule has 0 bridgehead atoms. The minimum atomic E-state index is -0.885. The van der Waals surface area contributed by atoms with Crippen molar-refractivity contribution in [3.63, 3.8) is 0 Å². The number of phenols is 1. The Morgan fingerprint density at radius 1 is 1.24 bits per heavy atom. The summed E-state index contributed by atoms with van der Waals surface area (Å²) < 4.78 is 11.6. The summed E-state index contributed by atoms with van der Waals surface area (Å²) >= 11 is 0. The van der Waals surface area contributed by atoms with Gasteiger partial charge in [-0.3, -0.25) is 0 Å². The Morgan fingerprint density at radius 3 is 2.52 bits per heavy atom. The van der Waals surface area contributed by atoms with E-state index in [2.05, 4.69) is 26.0 Å². The Labute approximate surface area is 200 Å². The van der Waals surface area contributed by atoms with Gasteiger partial charge in [-0.15, -0.1) is 0 Å². The molecule has 33 heavy (non-hydrogen) atoms. The average Bonchev–Trinajstić information content (AvgIpc) is 3.14. The third kappa shape index (κ3) is 7.87. The van der Waals surface area contributed by atoms with E-state index in [4.69, 9.17) is 9.47 Å². The van der Waals surface area contributed by atoms with Gasteiger partial charge >= 0.3 is 0 Å². The number of phenolic OH excluding ortho intramolecular Hbond substituents is 1. The van der Waals surface area contributed by atoms with E-state index < -0.39 is 17.3 Å². The Hall–Kier alpha value is -1.82. The van der Waals surface area contributed by atoms with Crippen LogP contribution in [-0.2, 0) is 11.2 Å². The van der Waals surface area contributed by atoms with E-state index in [9.17, 15) is 15.3 Å². The van der Waals surface area contributed by atoms with E-state index >= 15 is 0 Å². The van der Waals surface area contributed by atoms with Crippen molar-refractivity contribution in [2.45, 2.75) is 110 Å². The van der Waals surface area contributed by atoms with Gasteiger partial charge in [0.2, 0.25) is 0 Å². The van der Waals surface area contributed by atoms with Crippen LogP contribution >= 0.6 is 0 Å². The molecule has 1 aliphatic rings. The van der Waals surface area contributed by atoms with Crippen LogP contribution < -0.4 is 4.74 Å². The van der Waals surface area contributed by atoms with Crippen LogP contribution in [0.2, 0.25) is 0 Å². The number of ether oxygens (including phenoxy) is 2. The number of aromatic hydroxyl groups is 1. The second kappa shape index (κ2) is 11.5. The van der Waals surface area contributed by atoms with E-state index in [0.29, 0.717) is 6.42 Å². The number of aliphatic hydroxyl groups is 2. The van der Waals surface area contributed by atoms with Crippen LogP contribution in [0.4, 0.5) is 0 Å². The van der Waals surface area contributed by atoms with Gasteiger partial charge in [-0.1, -0.05) is 23.3 Å². The highest BCUT2D eigenvalue weighted by Gasteiger charge is 2.46. The summed E-state index contributed by atoms with van der Waals surface area (Å²) in [5, 5.41) is 30.8. The molecule has 3 atom stereocenters. The smallest absolute Gasteiger partial charge is 0.125 e. The van der Waals surface area contributed by atoms with Gasteiger partial charge in [0.1, 0.15) is 11.5 Å². The molecule has 5 nitrogen and oxygen atoms in total. The first kappa shape index (κ1) is 27.4. The summed E-state index contributed by atoms with van der Waals surface area (Å²) in [6.07, 6.45) is 9.33. The zero-order chi connectivity index (χ0) is 24.8. The molecule has 1 fully saturated rings. The van der Waals surface area contributed by atoms with Gasteiger partial charge in [-0.2, -0.15) is 0 Å². The van der Waals surface area contributed by atoms with E-state index in [1.165, 1.54) is 11.1 Å². The lowest BCUT2D eigenvalue weighted by molar-refractivity contribution is -0.153. The first-order valence-corrected chi connectivity index (χ1v) is 12.1. The first-order valence-electron chi connectivity index (χ1n) is 12.1. The fourth-order valence-corrected chi connectivity index (χ4v) is 4.58. The maximum Gasteiger partial charge on any atom is 0.125 e. The molecular weight excluding hydrogens is 416 g/mol. The molecule has 1 heterocycles. The Balaban J connectivity index is 1.81. The van der Waals surface area contributed by atoms with Crippen LogP contribution in [0.25, 0.3) is 0 Å². The number of allylic oxidation sites excluding steroid dienone is 4. The predicted molar refractivity (Wildman–Crippen MR) is 134 cm³/mol. The van der Waals surface area contributed by atoms with Gasteiger partial charge in [0.05, 0.1) is 30.5 Å². The predicted octanol–water partition coefficient (Wildman–Crippen LogP) is 5.77. The van der Waals surface area contributed by atoms with Crippen molar-refractivity contribution in [3.8, 4) is 11.5 Å². The topological polar surface area (TPSA) is 79.2 Å². The number of rotatable bonds is 11. The molecule has 3 N–H and O–H groups in total. The number of aliphatic hydroxyl groups excluding tert-OH is 1. The number of hydrogen-bond acceptors (Lipinski definition) is 5. The van der Waals surface area contributed by atoms with Crippen LogP contribution in [-0.4, -0.2) is 45.8 Å². The second-order valence-electron chi connectivity index (χ2n) is 10.5. The minimum absolute atomic E-state index is 0.229. The standard InChI is InChI=1S/C28H44O5/c1-19(11-13-22-18-23(29)17-21(3)26(22)32-7)9-8-10-20(2)12-14-24(30)28(6)16-15-25(33-28)27(4,5)31/h10-11,17-18,24-25,29-31H,8-9,12-16H2,1-7H3/t24-,25-,28+/m1/s1. The monoisotopic (exact) mass is 460 g/mol. The first-order chi connectivity index (χ1) is 15.4. The van der Waals surface area contributed by atoms with Crippen molar-refractivity contribution in [1.29, 1.82) is 0 Å². The summed E-state index contributed by atoms with van der Waals surface area (Å²) in [6, 6.07) is 3.48. The molecule has 0 aromatic heterocycles. The molecule has 1 saturated heterocycles. The van der Waals surface area contributed by atoms with Crippen LogP contribution in [0.3, 0.4) is 0 Å². The lowest BCUT2D eigenvalue weighted by Crippen LogP contribution is -2.43. The van der Waals surface area contributed by atoms with Crippen LogP contribution in [0, 0.1) is 6.92 Å². The average molecular weight is 461 g/mol. The van der Waals surface area contributed by atoms with Gasteiger partial charge in [0.25, 0.3) is 0 Å². The van der Waals surface area contributed by atoms with Crippen LogP contribution in [0.5, 0.6) is 11.5 Å². The van der Waals surface area contributed by atoms with E-state index in [1.807, 2.05) is 13.8 Å². The summed E-state index contributed by atoms with van der Waals surface area (Å²) in [5.41, 5.74) is 3.02. The van der Waals surface area contributed by atoms with Crippen molar-refractivity contribution in [2.75, 3.05) is 7.11 Å². The molecule has 1 aromatic rings. The Bertz CT molecular complexity index is 849. The number of aryl methyl sites for hydroxylation is 1. The molecule has 5 heteroatoms. The maximum absolute atomic E-state index is 10.7. The van der Waals surface area contributed by atoms with E-state index in [0.717, 1.165) is 55.4 Å². The van der Waals surface area contributed by atoms with Gasteiger partial charge < -0.3 is 24.8 Å². The summed E-state index contributed by atoms with van der Waals surface area (Å²) in [7, 11) is 1.66. The molecule has 0 spiro atoms. The molecule has 0 amide bonds. The van der Waals surface area contributed by atoms with Gasteiger partial charge in [0.15, 0.2) is 0 Å². The second-order valence-corrected chi connectivity index (χ2v) is 10.5. The van der Waals surface area contributed by atoms with Crippen LogP contribution in [0.15, 0.2) is 35.4 Å². The molecule has 0 radical (unpaired) electrons. The molecule has 2 rings (SSSR count). The highest BCUT2D eigenvalue weighted by atomic mass is 16.5. The third-order valence-corrected chi connectivity index (χ3v) is 6.86. The zero-order valence-corrected chi connectivity index (χ0v) is 21.6. The molecule has 0 aliphatic carbocycles. The van der Waals surface area contributed by atoms with Crippen molar-refractivity contribution in [1.82, 2.24) is 0 Å². The van der Waals surface area contributed by atoms with Gasteiger partial charge in [-0.25, -0.2) is 0 Å². The highest BCUT2D eigenvalue weighted by molar-refractivity contribution is 5.47. The van der Waals surface area contributed by atoms with Crippen molar-refractivity contribution < 1.29 is 24.8 Å². The summed E-state index contributed by atoms with van der Waals surface area (Å²) in [5.74, 6) is 1.10. The van der Waals surface area contributed by atoms with Crippen molar-refractivity contribution >= 4 is 0 Å². The molecule has 0 unspecified atom stereocenters. The molecular formula is C28H44O5. The molecule has 1 aromatic carbocycles. The van der Waals surface area contributed by atoms with E-state index in [-0.39, 0.29) is 11.9 Å². The highest BCUT2D eigenvalue weighted by Crippen LogP contribution is 2.38. The lowest BCUT2D eigenvalue weighted by Gasteiger charge is -2.33. The van der Waals surface area contributed by atoms with Crippen molar-refractivity contribution in [3.05, 3.63) is 46.6 Å². The number of hydrogen-bond donors (Lipinski definition) is 3. The third-order valence-electron chi connectivity index (χ3n) is 6.86.